The van der Waals surface area contributed by atoms with Gasteiger partial charge in [-0.3, -0.25) is 4.57 Å². The molecule has 6 heteroatoms. The van der Waals surface area contributed by atoms with E-state index in [-0.39, 0.29) is 5.56 Å². The van der Waals surface area contributed by atoms with E-state index < -0.39 is 5.97 Å². The monoisotopic (exact) mass is 306 g/mol. The molecule has 0 fully saturated rings. The minimum atomic E-state index is -1.01. The molecule has 3 aromatic rings. The van der Waals surface area contributed by atoms with Crippen molar-refractivity contribution in [1.29, 1.82) is 0 Å². The zero-order valence-electron chi connectivity index (χ0n) is 10.0. The summed E-state index contributed by atoms with van der Waals surface area (Å²) in [4.78, 5) is 15.5. The standard InChI is InChI=1S/C14H8Cl2N2O2/c15-8-4-5-12(10(16)6-8)18-7-17-11-3-1-2-9(13(11)18)14(19)20/h1-7H,(H,19,20). The third-order valence-corrected chi connectivity index (χ3v) is 3.51. The van der Waals surface area contributed by atoms with E-state index in [4.69, 9.17) is 23.2 Å². The number of aromatic carboxylic acids is 1. The van der Waals surface area contributed by atoms with Crippen molar-refractivity contribution in [2.24, 2.45) is 0 Å². The quantitative estimate of drug-likeness (QED) is 0.777. The van der Waals surface area contributed by atoms with Crippen molar-refractivity contribution in [2.45, 2.75) is 0 Å². The molecule has 0 amide bonds. The van der Waals surface area contributed by atoms with Gasteiger partial charge in [0.25, 0.3) is 0 Å². The van der Waals surface area contributed by atoms with E-state index in [1.807, 2.05) is 0 Å². The van der Waals surface area contributed by atoms with Crippen LogP contribution in [0.3, 0.4) is 0 Å². The number of hydrogen-bond acceptors (Lipinski definition) is 2. The second kappa shape index (κ2) is 4.81. The Morgan fingerprint density at radius 1 is 1.20 bits per heavy atom. The highest BCUT2D eigenvalue weighted by Crippen LogP contribution is 2.28. The number of carboxylic acids is 1. The molecular formula is C14H8Cl2N2O2. The molecule has 0 atom stereocenters. The number of nitrogens with zero attached hydrogens (tertiary/aromatic N) is 2. The van der Waals surface area contributed by atoms with Crippen LogP contribution >= 0.6 is 23.2 Å². The van der Waals surface area contributed by atoms with E-state index in [2.05, 4.69) is 4.98 Å². The minimum Gasteiger partial charge on any atom is -0.478 e. The average molecular weight is 307 g/mol. The molecule has 0 saturated heterocycles. The number of hydrogen-bond donors (Lipinski definition) is 1. The van der Waals surface area contributed by atoms with Gasteiger partial charge in [0.1, 0.15) is 6.33 Å². The molecule has 4 nitrogen and oxygen atoms in total. The Morgan fingerprint density at radius 2 is 2.00 bits per heavy atom. The highest BCUT2D eigenvalue weighted by atomic mass is 35.5. The summed E-state index contributed by atoms with van der Waals surface area (Å²) in [6, 6.07) is 9.97. The van der Waals surface area contributed by atoms with Gasteiger partial charge in [-0.2, -0.15) is 0 Å². The van der Waals surface area contributed by atoms with Crippen molar-refractivity contribution >= 4 is 40.2 Å². The number of carboxylic acid groups (broad SMARTS) is 1. The van der Waals surface area contributed by atoms with Crippen LogP contribution in [0.1, 0.15) is 10.4 Å². The number of rotatable bonds is 2. The molecule has 1 heterocycles. The molecule has 1 aromatic heterocycles. The maximum atomic E-state index is 11.3. The summed E-state index contributed by atoms with van der Waals surface area (Å²) in [7, 11) is 0. The van der Waals surface area contributed by atoms with Gasteiger partial charge in [-0.15, -0.1) is 0 Å². The van der Waals surface area contributed by atoms with Crippen LogP contribution in [-0.4, -0.2) is 20.6 Å². The fourth-order valence-electron chi connectivity index (χ4n) is 2.10. The van der Waals surface area contributed by atoms with Crippen molar-refractivity contribution < 1.29 is 9.90 Å². The molecule has 0 saturated carbocycles. The number of aromatic nitrogens is 2. The fourth-order valence-corrected chi connectivity index (χ4v) is 2.60. The lowest BCUT2D eigenvalue weighted by atomic mass is 10.2. The number of halogens is 2. The Bertz CT molecular complexity index is 827. The summed E-state index contributed by atoms with van der Waals surface area (Å²) < 4.78 is 1.65. The second-order valence-electron chi connectivity index (χ2n) is 4.19. The molecule has 0 aliphatic carbocycles. The van der Waals surface area contributed by atoms with Gasteiger partial charge >= 0.3 is 5.97 Å². The van der Waals surface area contributed by atoms with Crippen LogP contribution in [0.25, 0.3) is 16.7 Å². The maximum Gasteiger partial charge on any atom is 0.337 e. The van der Waals surface area contributed by atoms with Gasteiger partial charge in [0, 0.05) is 5.02 Å². The summed E-state index contributed by atoms with van der Waals surface area (Å²) >= 11 is 12.0. The molecule has 0 spiro atoms. The molecular weight excluding hydrogens is 299 g/mol. The van der Waals surface area contributed by atoms with E-state index in [0.29, 0.717) is 26.8 Å². The smallest absolute Gasteiger partial charge is 0.337 e. The van der Waals surface area contributed by atoms with Crippen LogP contribution in [0, 0.1) is 0 Å². The fraction of sp³-hybridized carbons (Fsp3) is 0. The zero-order chi connectivity index (χ0) is 14.3. The van der Waals surface area contributed by atoms with Crippen LogP contribution < -0.4 is 0 Å². The van der Waals surface area contributed by atoms with Gasteiger partial charge in [-0.05, 0) is 30.3 Å². The molecule has 20 heavy (non-hydrogen) atoms. The van der Waals surface area contributed by atoms with Gasteiger partial charge in [-0.25, -0.2) is 9.78 Å². The number of carbonyl (C=O) groups is 1. The van der Waals surface area contributed by atoms with E-state index in [9.17, 15) is 9.90 Å². The molecule has 0 unspecified atom stereocenters. The molecule has 1 N–H and O–H groups in total. The summed E-state index contributed by atoms with van der Waals surface area (Å²) in [5, 5.41) is 10.2. The highest BCUT2D eigenvalue weighted by molar-refractivity contribution is 6.35. The molecule has 100 valence electrons. The Labute approximate surface area is 124 Å². The second-order valence-corrected chi connectivity index (χ2v) is 5.03. The molecule has 0 aliphatic heterocycles. The van der Waals surface area contributed by atoms with E-state index in [1.54, 1.807) is 41.2 Å². The first-order valence-corrected chi connectivity index (χ1v) is 6.48. The number of benzene rings is 2. The van der Waals surface area contributed by atoms with Gasteiger partial charge < -0.3 is 5.11 Å². The Hall–Kier alpha value is -2.04. The molecule has 0 bridgehead atoms. The van der Waals surface area contributed by atoms with E-state index >= 15 is 0 Å². The van der Waals surface area contributed by atoms with Crippen molar-refractivity contribution in [2.75, 3.05) is 0 Å². The van der Waals surface area contributed by atoms with Crippen molar-refractivity contribution in [3.63, 3.8) is 0 Å². The van der Waals surface area contributed by atoms with Gasteiger partial charge in [0.15, 0.2) is 0 Å². The summed E-state index contributed by atoms with van der Waals surface area (Å²) in [6.45, 7) is 0. The largest absolute Gasteiger partial charge is 0.478 e. The van der Waals surface area contributed by atoms with Crippen LogP contribution in [0.4, 0.5) is 0 Å². The first-order valence-electron chi connectivity index (χ1n) is 5.72. The van der Waals surface area contributed by atoms with Gasteiger partial charge in [0.05, 0.1) is 27.3 Å². The first-order chi connectivity index (χ1) is 9.58. The molecule has 3 rings (SSSR count). The first kappa shape index (κ1) is 13.0. The predicted molar refractivity (Wildman–Crippen MR) is 78.0 cm³/mol. The molecule has 0 aliphatic rings. The van der Waals surface area contributed by atoms with Crippen LogP contribution in [-0.2, 0) is 0 Å². The maximum absolute atomic E-state index is 11.3. The van der Waals surface area contributed by atoms with Gasteiger partial charge in [0.2, 0.25) is 0 Å². The van der Waals surface area contributed by atoms with E-state index in [1.165, 1.54) is 6.07 Å². The molecule has 2 aromatic carbocycles. The summed E-state index contributed by atoms with van der Waals surface area (Å²) in [5.74, 6) is -1.01. The third-order valence-electron chi connectivity index (χ3n) is 2.97. The van der Waals surface area contributed by atoms with Crippen molar-refractivity contribution in [1.82, 2.24) is 9.55 Å². The third kappa shape index (κ3) is 2.03. The lowest BCUT2D eigenvalue weighted by Crippen LogP contribution is -2.02. The highest BCUT2D eigenvalue weighted by Gasteiger charge is 2.15. The van der Waals surface area contributed by atoms with Crippen LogP contribution in [0.15, 0.2) is 42.7 Å². The topological polar surface area (TPSA) is 55.1 Å². The summed E-state index contributed by atoms with van der Waals surface area (Å²) in [5.41, 5.74) is 1.90. The Morgan fingerprint density at radius 3 is 2.70 bits per heavy atom. The SMILES string of the molecule is O=C(O)c1cccc2ncn(-c3ccc(Cl)cc3Cl)c12. The lowest BCUT2D eigenvalue weighted by Gasteiger charge is -2.08. The number of imidazole rings is 1. The number of fused-ring (bicyclic) bond motifs is 1. The Balaban J connectivity index is 2.34. The van der Waals surface area contributed by atoms with Crippen molar-refractivity contribution in [3.05, 3.63) is 58.3 Å². The zero-order valence-corrected chi connectivity index (χ0v) is 11.6. The lowest BCUT2D eigenvalue weighted by molar-refractivity contribution is 0.0698. The normalized spacial score (nSPS) is 10.9. The van der Waals surface area contributed by atoms with Gasteiger partial charge in [-0.1, -0.05) is 29.3 Å². The average Bonchev–Trinajstić information content (AvgIpc) is 2.82. The van der Waals surface area contributed by atoms with Crippen LogP contribution in [0.2, 0.25) is 10.0 Å². The minimum absolute atomic E-state index is 0.172. The predicted octanol–water partition coefficient (Wildman–Crippen LogP) is 4.03. The van der Waals surface area contributed by atoms with E-state index in [0.717, 1.165) is 0 Å². The summed E-state index contributed by atoms with van der Waals surface area (Å²) in [6.07, 6.45) is 1.55. The molecule has 0 radical (unpaired) electrons. The van der Waals surface area contributed by atoms with Crippen molar-refractivity contribution in [3.8, 4) is 5.69 Å². The van der Waals surface area contributed by atoms with Crippen LogP contribution in [0.5, 0.6) is 0 Å². The Kier molecular flexibility index (Phi) is 3.12. The number of para-hydroxylation sites is 1.